The van der Waals surface area contributed by atoms with E-state index in [1.807, 2.05) is 0 Å². The van der Waals surface area contributed by atoms with Crippen LogP contribution in [0.3, 0.4) is 0 Å². The standard InChI is InChI=1S/C8H9F4N3O4S2/c1-13-6-4(15(16)17)2-5(20-6)21(18,19)14-3-8(11,12)7(9)10/h2,7,13-14H,3H2,1H3. The SMILES string of the molecule is CNc1sc(S(=O)(=O)NCC(F)(F)C(F)F)cc1[N+](=O)[O-]. The van der Waals surface area contributed by atoms with Crippen molar-refractivity contribution >= 4 is 32.0 Å². The summed E-state index contributed by atoms with van der Waals surface area (Å²) in [6.45, 7) is -1.81. The number of nitro groups is 1. The molecule has 1 aromatic heterocycles. The van der Waals surface area contributed by atoms with Crippen LogP contribution in [0, 0.1) is 10.1 Å². The molecule has 0 aliphatic heterocycles. The third-order valence-electron chi connectivity index (χ3n) is 2.20. The highest BCUT2D eigenvalue weighted by Gasteiger charge is 2.42. The van der Waals surface area contributed by atoms with E-state index in [2.05, 4.69) is 5.32 Å². The first-order valence-electron chi connectivity index (χ1n) is 5.13. The molecule has 0 unspecified atom stereocenters. The van der Waals surface area contributed by atoms with E-state index < -0.39 is 43.7 Å². The highest BCUT2D eigenvalue weighted by atomic mass is 32.2. The van der Waals surface area contributed by atoms with Crippen molar-refractivity contribution in [1.29, 1.82) is 0 Å². The number of rotatable bonds is 7. The smallest absolute Gasteiger partial charge is 0.320 e. The van der Waals surface area contributed by atoms with Gasteiger partial charge in [-0.05, 0) is 0 Å². The molecule has 7 nitrogen and oxygen atoms in total. The van der Waals surface area contributed by atoms with Gasteiger partial charge in [0.15, 0.2) is 5.00 Å². The lowest BCUT2D eigenvalue weighted by Crippen LogP contribution is -2.41. The summed E-state index contributed by atoms with van der Waals surface area (Å²) in [4.78, 5) is 9.80. The third-order valence-corrected chi connectivity index (χ3v) is 5.21. The summed E-state index contributed by atoms with van der Waals surface area (Å²) >= 11 is 0.418. The molecule has 1 aromatic rings. The summed E-state index contributed by atoms with van der Waals surface area (Å²) in [5, 5.41) is 12.9. The van der Waals surface area contributed by atoms with Gasteiger partial charge in [-0.25, -0.2) is 21.9 Å². The van der Waals surface area contributed by atoms with Gasteiger partial charge in [0.2, 0.25) is 0 Å². The molecule has 1 heterocycles. The van der Waals surface area contributed by atoms with Crippen molar-refractivity contribution in [3.05, 3.63) is 16.2 Å². The fourth-order valence-corrected chi connectivity index (χ4v) is 3.52. The number of hydrogen-bond acceptors (Lipinski definition) is 6. The molecule has 0 saturated carbocycles. The molecule has 1 rings (SSSR count). The number of halogens is 4. The van der Waals surface area contributed by atoms with Crippen LogP contribution in [0.15, 0.2) is 10.3 Å². The number of alkyl halides is 4. The zero-order chi connectivity index (χ0) is 16.4. The molecule has 21 heavy (non-hydrogen) atoms. The summed E-state index contributed by atoms with van der Waals surface area (Å²) in [5.41, 5.74) is -0.566. The van der Waals surface area contributed by atoms with Crippen LogP contribution in [0.4, 0.5) is 28.3 Å². The van der Waals surface area contributed by atoms with Gasteiger partial charge < -0.3 is 5.32 Å². The maximum atomic E-state index is 12.7. The molecule has 2 N–H and O–H groups in total. The highest BCUT2D eigenvalue weighted by Crippen LogP contribution is 2.36. The van der Waals surface area contributed by atoms with Crippen LogP contribution >= 0.6 is 11.3 Å². The quantitative estimate of drug-likeness (QED) is 0.444. The molecule has 0 radical (unpaired) electrons. The lowest BCUT2D eigenvalue weighted by molar-refractivity contribution is -0.383. The zero-order valence-electron chi connectivity index (χ0n) is 10.3. The Kier molecular flexibility index (Phi) is 5.11. The summed E-state index contributed by atoms with van der Waals surface area (Å²) in [6, 6.07) is 0.652. The Morgan fingerprint density at radius 1 is 1.48 bits per heavy atom. The van der Waals surface area contributed by atoms with Crippen molar-refractivity contribution in [2.45, 2.75) is 16.6 Å². The second-order valence-corrected chi connectivity index (χ2v) is 6.72. The van der Waals surface area contributed by atoms with Gasteiger partial charge in [0.25, 0.3) is 10.0 Å². The molecular formula is C8H9F4N3O4S2. The summed E-state index contributed by atoms with van der Waals surface area (Å²) in [7, 11) is -3.26. The van der Waals surface area contributed by atoms with Gasteiger partial charge in [0.1, 0.15) is 4.21 Å². The first-order valence-corrected chi connectivity index (χ1v) is 7.43. The van der Waals surface area contributed by atoms with Crippen LogP contribution in [-0.4, -0.2) is 39.3 Å². The van der Waals surface area contributed by atoms with Crippen LogP contribution in [0.2, 0.25) is 0 Å². The first-order chi connectivity index (χ1) is 9.51. The summed E-state index contributed by atoms with van der Waals surface area (Å²) in [5.74, 6) is -4.54. The molecule has 0 atom stereocenters. The average Bonchev–Trinajstić information content (AvgIpc) is 2.81. The molecule has 13 heteroatoms. The number of sulfonamides is 1. The number of anilines is 1. The van der Waals surface area contributed by atoms with Crippen molar-refractivity contribution < 1.29 is 30.9 Å². The van der Waals surface area contributed by atoms with Gasteiger partial charge in [0.05, 0.1) is 11.5 Å². The Labute approximate surface area is 120 Å². The second-order valence-electron chi connectivity index (χ2n) is 3.67. The minimum Gasteiger partial charge on any atom is -0.374 e. The molecule has 0 aliphatic carbocycles. The van der Waals surface area contributed by atoms with Crippen molar-refractivity contribution in [1.82, 2.24) is 4.72 Å². The lowest BCUT2D eigenvalue weighted by atomic mass is 10.4. The molecule has 0 aromatic carbocycles. The van der Waals surface area contributed by atoms with Crippen LogP contribution in [0.5, 0.6) is 0 Å². The minimum absolute atomic E-state index is 0.110. The number of nitrogens with zero attached hydrogens (tertiary/aromatic N) is 1. The van der Waals surface area contributed by atoms with Crippen LogP contribution in [-0.2, 0) is 10.0 Å². The Balaban J connectivity index is 3.01. The van der Waals surface area contributed by atoms with E-state index >= 15 is 0 Å². The van der Waals surface area contributed by atoms with Crippen LogP contribution in [0.1, 0.15) is 0 Å². The molecule has 0 fully saturated rings. The van der Waals surface area contributed by atoms with Gasteiger partial charge in [-0.3, -0.25) is 10.1 Å². The predicted molar refractivity (Wildman–Crippen MR) is 66.7 cm³/mol. The Morgan fingerprint density at radius 3 is 2.43 bits per heavy atom. The highest BCUT2D eigenvalue weighted by molar-refractivity contribution is 7.91. The van der Waals surface area contributed by atoms with Gasteiger partial charge in [-0.15, -0.1) is 0 Å². The predicted octanol–water partition coefficient (Wildman–Crippen LogP) is 1.88. The maximum absolute atomic E-state index is 12.7. The largest absolute Gasteiger partial charge is 0.374 e. The van der Waals surface area contributed by atoms with E-state index in [1.54, 1.807) is 0 Å². The summed E-state index contributed by atoms with van der Waals surface area (Å²) in [6.07, 6.45) is -4.04. The molecular weight excluding hydrogens is 342 g/mol. The van der Waals surface area contributed by atoms with E-state index in [4.69, 9.17) is 0 Å². The fourth-order valence-electron chi connectivity index (χ4n) is 1.15. The molecule has 0 saturated heterocycles. The van der Waals surface area contributed by atoms with Gasteiger partial charge in [-0.1, -0.05) is 11.3 Å². The van der Waals surface area contributed by atoms with Crippen LogP contribution < -0.4 is 10.0 Å². The fraction of sp³-hybridized carbons (Fsp3) is 0.500. The molecule has 0 bridgehead atoms. The number of thiophene rings is 1. The van der Waals surface area contributed by atoms with E-state index in [-0.39, 0.29) is 5.00 Å². The minimum atomic E-state index is -4.56. The summed E-state index contributed by atoms with van der Waals surface area (Å²) < 4.78 is 73.2. The average molecular weight is 351 g/mol. The van der Waals surface area contributed by atoms with E-state index in [1.165, 1.54) is 11.8 Å². The Bertz CT molecular complexity index is 631. The maximum Gasteiger partial charge on any atom is 0.320 e. The molecule has 0 aliphatic rings. The zero-order valence-corrected chi connectivity index (χ0v) is 11.9. The van der Waals surface area contributed by atoms with Crippen molar-refractivity contribution in [2.24, 2.45) is 0 Å². The lowest BCUT2D eigenvalue weighted by Gasteiger charge is -2.15. The molecule has 120 valence electrons. The molecule has 0 amide bonds. The van der Waals surface area contributed by atoms with Crippen molar-refractivity contribution in [3.63, 3.8) is 0 Å². The third kappa shape index (κ3) is 4.01. The van der Waals surface area contributed by atoms with E-state index in [0.717, 1.165) is 0 Å². The first kappa shape index (κ1) is 17.6. The normalized spacial score (nSPS) is 12.7. The second kappa shape index (κ2) is 6.11. The van der Waals surface area contributed by atoms with E-state index in [9.17, 15) is 36.1 Å². The van der Waals surface area contributed by atoms with Gasteiger partial charge >= 0.3 is 18.0 Å². The number of hydrogen-bond donors (Lipinski definition) is 2. The van der Waals surface area contributed by atoms with Crippen molar-refractivity contribution in [2.75, 3.05) is 18.9 Å². The molecule has 0 spiro atoms. The topological polar surface area (TPSA) is 101 Å². The van der Waals surface area contributed by atoms with Crippen molar-refractivity contribution in [3.8, 4) is 0 Å². The Hall–Kier alpha value is -1.47. The number of nitrogens with one attached hydrogen (secondary N) is 2. The van der Waals surface area contributed by atoms with Gasteiger partial charge in [-0.2, -0.15) is 8.78 Å². The van der Waals surface area contributed by atoms with E-state index in [0.29, 0.717) is 17.4 Å². The Morgan fingerprint density at radius 2 is 2.05 bits per heavy atom. The van der Waals surface area contributed by atoms with Crippen LogP contribution in [0.25, 0.3) is 0 Å². The monoisotopic (exact) mass is 351 g/mol. The van der Waals surface area contributed by atoms with Gasteiger partial charge in [0, 0.05) is 13.1 Å².